The third-order valence-corrected chi connectivity index (χ3v) is 4.66. The van der Waals surface area contributed by atoms with Crippen molar-refractivity contribution in [2.75, 3.05) is 32.8 Å². The molecule has 7 nitrogen and oxygen atoms in total. The van der Waals surface area contributed by atoms with Gasteiger partial charge in [0.15, 0.2) is 0 Å². The van der Waals surface area contributed by atoms with Crippen LogP contribution in [0.15, 0.2) is 29.1 Å². The normalized spacial score (nSPS) is 14.8. The molecule has 0 spiro atoms. The third-order valence-electron chi connectivity index (χ3n) is 4.66. The largest absolute Gasteiger partial charge is 0.372 e. The predicted molar refractivity (Wildman–Crippen MR) is 100 cm³/mol. The number of carbonyl (C=O) groups excluding carboxylic acids is 1. The van der Waals surface area contributed by atoms with Gasteiger partial charge in [0.2, 0.25) is 5.91 Å². The average Bonchev–Trinajstić information content (AvgIpc) is 3.18. The average molecular weight is 358 g/mol. The Morgan fingerprint density at radius 1 is 1.19 bits per heavy atom. The number of fused-ring (bicyclic) bond motifs is 1. The summed E-state index contributed by atoms with van der Waals surface area (Å²) in [5.41, 5.74) is 0.621. The minimum atomic E-state index is -0.187. The van der Waals surface area contributed by atoms with Crippen LogP contribution in [0.4, 0.5) is 0 Å². The van der Waals surface area contributed by atoms with Gasteiger partial charge in [-0.05, 0) is 38.9 Å². The zero-order valence-electron chi connectivity index (χ0n) is 15.2. The van der Waals surface area contributed by atoms with Crippen molar-refractivity contribution in [3.8, 4) is 0 Å². The molecule has 2 aromatic rings. The second-order valence-electron chi connectivity index (χ2n) is 6.48. The molecule has 1 aliphatic heterocycles. The molecule has 26 heavy (non-hydrogen) atoms. The maximum Gasteiger partial charge on any atom is 0.274 e. The fraction of sp³-hybridized carbons (Fsp3) is 0.526. The summed E-state index contributed by atoms with van der Waals surface area (Å²) in [6.45, 7) is 6.20. The van der Waals surface area contributed by atoms with Crippen molar-refractivity contribution in [1.29, 1.82) is 0 Å². The van der Waals surface area contributed by atoms with Crippen molar-refractivity contribution in [3.05, 3.63) is 40.3 Å². The van der Waals surface area contributed by atoms with Crippen molar-refractivity contribution in [1.82, 2.24) is 20.0 Å². The lowest BCUT2D eigenvalue weighted by Gasteiger charge is -2.16. The van der Waals surface area contributed by atoms with E-state index in [0.717, 1.165) is 25.0 Å². The SMILES string of the molecule is CCOCC(=O)NCc1nn(CCN2CCCC2)c(=O)c2ccccc12. The van der Waals surface area contributed by atoms with Crippen molar-refractivity contribution >= 4 is 16.7 Å². The quantitative estimate of drug-likeness (QED) is 0.766. The summed E-state index contributed by atoms with van der Waals surface area (Å²) in [6.07, 6.45) is 2.44. The molecule has 1 N–H and O–H groups in total. The molecule has 0 atom stereocenters. The van der Waals surface area contributed by atoms with Crippen LogP contribution in [0, 0.1) is 0 Å². The molecule has 1 aliphatic rings. The zero-order valence-corrected chi connectivity index (χ0v) is 15.2. The summed E-state index contributed by atoms with van der Waals surface area (Å²) in [5.74, 6) is -0.187. The van der Waals surface area contributed by atoms with Crippen molar-refractivity contribution in [2.24, 2.45) is 0 Å². The Hall–Kier alpha value is -2.25. The van der Waals surface area contributed by atoms with Gasteiger partial charge in [-0.2, -0.15) is 5.10 Å². The fourth-order valence-corrected chi connectivity index (χ4v) is 3.26. The Morgan fingerprint density at radius 2 is 1.92 bits per heavy atom. The van der Waals surface area contributed by atoms with E-state index in [9.17, 15) is 9.59 Å². The molecular weight excluding hydrogens is 332 g/mol. The van der Waals surface area contributed by atoms with Crippen LogP contribution >= 0.6 is 0 Å². The van der Waals surface area contributed by atoms with Crippen molar-refractivity contribution in [3.63, 3.8) is 0 Å². The number of carbonyl (C=O) groups is 1. The number of aromatic nitrogens is 2. The molecule has 0 aliphatic carbocycles. The van der Waals surface area contributed by atoms with Gasteiger partial charge >= 0.3 is 0 Å². The molecule has 1 saturated heterocycles. The molecule has 3 rings (SSSR count). The first-order valence-corrected chi connectivity index (χ1v) is 9.24. The molecule has 0 bridgehead atoms. The van der Waals surface area contributed by atoms with Gasteiger partial charge in [0, 0.05) is 18.5 Å². The van der Waals surface area contributed by atoms with Crippen LogP contribution in [0.25, 0.3) is 10.8 Å². The van der Waals surface area contributed by atoms with E-state index in [0.29, 0.717) is 24.2 Å². The first-order chi connectivity index (χ1) is 12.7. The number of amides is 1. The number of likely N-dealkylation sites (tertiary alicyclic amines) is 1. The molecular formula is C19H26N4O3. The van der Waals surface area contributed by atoms with Gasteiger partial charge in [0.05, 0.1) is 24.2 Å². The minimum Gasteiger partial charge on any atom is -0.372 e. The molecule has 0 saturated carbocycles. The highest BCUT2D eigenvalue weighted by Crippen LogP contribution is 2.13. The number of nitrogens with one attached hydrogen (secondary N) is 1. The lowest BCUT2D eigenvalue weighted by Crippen LogP contribution is -2.33. The van der Waals surface area contributed by atoms with Gasteiger partial charge in [-0.1, -0.05) is 18.2 Å². The van der Waals surface area contributed by atoms with E-state index in [1.54, 1.807) is 0 Å². The highest BCUT2D eigenvalue weighted by atomic mass is 16.5. The smallest absolute Gasteiger partial charge is 0.274 e. The van der Waals surface area contributed by atoms with Crippen LogP contribution in [0.1, 0.15) is 25.5 Å². The standard InChI is InChI=1S/C19H26N4O3/c1-2-26-14-18(24)20-13-17-15-7-3-4-8-16(15)19(25)23(21-17)12-11-22-9-5-6-10-22/h3-4,7-8H,2,5-6,9-14H2,1H3,(H,20,24). The summed E-state index contributed by atoms with van der Waals surface area (Å²) in [7, 11) is 0. The van der Waals surface area contributed by atoms with Crippen molar-refractivity contribution < 1.29 is 9.53 Å². The van der Waals surface area contributed by atoms with E-state index < -0.39 is 0 Å². The van der Waals surface area contributed by atoms with Crippen LogP contribution < -0.4 is 10.9 Å². The van der Waals surface area contributed by atoms with E-state index in [2.05, 4.69) is 15.3 Å². The molecule has 2 heterocycles. The van der Waals surface area contributed by atoms with Crippen LogP contribution in [0.5, 0.6) is 0 Å². The van der Waals surface area contributed by atoms with Gasteiger partial charge in [0.25, 0.3) is 5.56 Å². The number of benzene rings is 1. The molecule has 140 valence electrons. The van der Waals surface area contributed by atoms with E-state index >= 15 is 0 Å². The topological polar surface area (TPSA) is 76.5 Å². The fourth-order valence-electron chi connectivity index (χ4n) is 3.26. The summed E-state index contributed by atoms with van der Waals surface area (Å²) in [5, 5.41) is 8.77. The van der Waals surface area contributed by atoms with E-state index in [-0.39, 0.29) is 24.6 Å². The summed E-state index contributed by atoms with van der Waals surface area (Å²) in [4.78, 5) is 26.9. The number of ether oxygens (including phenoxy) is 1. The monoisotopic (exact) mass is 358 g/mol. The van der Waals surface area contributed by atoms with E-state index in [1.807, 2.05) is 31.2 Å². The summed E-state index contributed by atoms with van der Waals surface area (Å²) in [6, 6.07) is 7.42. The second kappa shape index (κ2) is 8.91. The zero-order chi connectivity index (χ0) is 18.4. The Labute approximate surface area is 152 Å². The first kappa shape index (κ1) is 18.5. The maximum atomic E-state index is 12.7. The van der Waals surface area contributed by atoms with Crippen LogP contribution in [-0.4, -0.2) is 53.4 Å². The number of hydrogen-bond acceptors (Lipinski definition) is 5. The molecule has 1 amide bonds. The van der Waals surface area contributed by atoms with Gasteiger partial charge in [0.1, 0.15) is 6.61 Å². The van der Waals surface area contributed by atoms with E-state index in [4.69, 9.17) is 4.74 Å². The molecule has 0 unspecified atom stereocenters. The van der Waals surface area contributed by atoms with E-state index in [1.165, 1.54) is 17.5 Å². The van der Waals surface area contributed by atoms with Crippen LogP contribution in [-0.2, 0) is 22.6 Å². The first-order valence-electron chi connectivity index (χ1n) is 9.24. The third kappa shape index (κ3) is 4.47. The van der Waals surface area contributed by atoms with Crippen molar-refractivity contribution in [2.45, 2.75) is 32.9 Å². The number of hydrogen-bond donors (Lipinski definition) is 1. The number of nitrogens with zero attached hydrogens (tertiary/aromatic N) is 3. The predicted octanol–water partition coefficient (Wildman–Crippen LogP) is 1.15. The minimum absolute atomic E-state index is 0.0308. The highest BCUT2D eigenvalue weighted by molar-refractivity contribution is 5.84. The Kier molecular flexibility index (Phi) is 6.35. The molecule has 0 radical (unpaired) electrons. The summed E-state index contributed by atoms with van der Waals surface area (Å²) >= 11 is 0. The summed E-state index contributed by atoms with van der Waals surface area (Å²) < 4.78 is 6.65. The number of rotatable bonds is 8. The van der Waals surface area contributed by atoms with Gasteiger partial charge in [-0.25, -0.2) is 4.68 Å². The molecule has 1 aromatic carbocycles. The second-order valence-corrected chi connectivity index (χ2v) is 6.48. The maximum absolute atomic E-state index is 12.7. The molecule has 7 heteroatoms. The lowest BCUT2D eigenvalue weighted by molar-refractivity contribution is -0.125. The lowest BCUT2D eigenvalue weighted by atomic mass is 10.1. The molecule has 1 aromatic heterocycles. The van der Waals surface area contributed by atoms with Crippen LogP contribution in [0.3, 0.4) is 0 Å². The molecule has 1 fully saturated rings. The highest BCUT2D eigenvalue weighted by Gasteiger charge is 2.14. The Bertz CT molecular complexity index is 812. The van der Waals surface area contributed by atoms with Gasteiger partial charge in [-0.15, -0.1) is 0 Å². The van der Waals surface area contributed by atoms with Crippen LogP contribution in [0.2, 0.25) is 0 Å². The van der Waals surface area contributed by atoms with Gasteiger partial charge < -0.3 is 15.0 Å². The van der Waals surface area contributed by atoms with Gasteiger partial charge in [-0.3, -0.25) is 9.59 Å². The Balaban J connectivity index is 1.80. The Morgan fingerprint density at radius 3 is 2.65 bits per heavy atom.